The van der Waals surface area contributed by atoms with Gasteiger partial charge in [0.2, 0.25) is 0 Å². The van der Waals surface area contributed by atoms with Crippen molar-refractivity contribution in [2.45, 2.75) is 6.92 Å². The van der Waals surface area contributed by atoms with Crippen LogP contribution in [0.2, 0.25) is 0 Å². The highest BCUT2D eigenvalue weighted by Crippen LogP contribution is 2.41. The number of benzene rings is 2. The average Bonchev–Trinajstić information content (AvgIpc) is 3.16. The van der Waals surface area contributed by atoms with Crippen molar-refractivity contribution >= 4 is 29.0 Å². The number of ether oxygens (including phenoxy) is 1. The van der Waals surface area contributed by atoms with E-state index in [2.05, 4.69) is 6.58 Å². The highest BCUT2D eigenvalue weighted by Gasteiger charge is 2.21. The normalized spacial score (nSPS) is 15.1. The number of hydrogen-bond acceptors (Lipinski definition) is 4. The standard InChI is InChI=1S/C21H19NO3S/c1-14(18-9-4-5-10-19(18)25-3)20-22(11-12-26-20)15(2)16-7-6-8-17(13-16)21(23)24/h4-13H,2H2,1,3H3,(H,23,24)/b20-14-. The van der Waals surface area contributed by atoms with Crippen LogP contribution in [0.1, 0.15) is 28.4 Å². The van der Waals surface area contributed by atoms with E-state index >= 15 is 0 Å². The van der Waals surface area contributed by atoms with Gasteiger partial charge in [0.05, 0.1) is 17.7 Å². The van der Waals surface area contributed by atoms with E-state index in [4.69, 9.17) is 4.74 Å². The second-order valence-corrected chi connectivity index (χ2v) is 6.63. The van der Waals surface area contributed by atoms with E-state index in [0.29, 0.717) is 0 Å². The summed E-state index contributed by atoms with van der Waals surface area (Å²) in [4.78, 5) is 13.2. The third kappa shape index (κ3) is 3.39. The number of methoxy groups -OCH3 is 1. The van der Waals surface area contributed by atoms with Crippen LogP contribution in [0, 0.1) is 0 Å². The van der Waals surface area contributed by atoms with E-state index in [9.17, 15) is 9.90 Å². The van der Waals surface area contributed by atoms with Crippen molar-refractivity contribution in [3.8, 4) is 5.75 Å². The van der Waals surface area contributed by atoms with Crippen molar-refractivity contribution in [1.82, 2.24) is 4.90 Å². The van der Waals surface area contributed by atoms with Crippen LogP contribution in [-0.2, 0) is 0 Å². The molecule has 132 valence electrons. The molecule has 0 saturated heterocycles. The Labute approximate surface area is 157 Å². The van der Waals surface area contributed by atoms with Crippen LogP contribution in [0.3, 0.4) is 0 Å². The molecule has 5 heteroatoms. The van der Waals surface area contributed by atoms with E-state index in [-0.39, 0.29) is 5.56 Å². The number of carboxylic acid groups (broad SMARTS) is 1. The number of carboxylic acids is 1. The molecule has 1 heterocycles. The van der Waals surface area contributed by atoms with Crippen molar-refractivity contribution in [3.63, 3.8) is 0 Å². The number of para-hydroxylation sites is 1. The molecule has 0 aromatic heterocycles. The fraction of sp³-hybridized carbons (Fsp3) is 0.0952. The quantitative estimate of drug-likeness (QED) is 0.782. The van der Waals surface area contributed by atoms with Crippen LogP contribution < -0.4 is 4.74 Å². The van der Waals surface area contributed by atoms with Gasteiger partial charge in [0, 0.05) is 17.5 Å². The largest absolute Gasteiger partial charge is 0.496 e. The van der Waals surface area contributed by atoms with Gasteiger partial charge in [-0.05, 0) is 41.7 Å². The first-order chi connectivity index (χ1) is 12.5. The molecule has 0 fully saturated rings. The van der Waals surface area contributed by atoms with Gasteiger partial charge in [-0.3, -0.25) is 0 Å². The molecule has 0 amide bonds. The molecule has 0 saturated carbocycles. The second kappa shape index (κ2) is 7.54. The predicted molar refractivity (Wildman–Crippen MR) is 107 cm³/mol. The van der Waals surface area contributed by atoms with Gasteiger partial charge in [-0.25, -0.2) is 4.79 Å². The molecule has 26 heavy (non-hydrogen) atoms. The summed E-state index contributed by atoms with van der Waals surface area (Å²) in [5, 5.41) is 12.2. The lowest BCUT2D eigenvalue weighted by Gasteiger charge is -2.23. The summed E-state index contributed by atoms with van der Waals surface area (Å²) < 4.78 is 5.48. The molecular formula is C21H19NO3S. The van der Waals surface area contributed by atoms with Crippen LogP contribution in [0.25, 0.3) is 11.3 Å². The summed E-state index contributed by atoms with van der Waals surface area (Å²) in [6, 6.07) is 14.7. The Balaban J connectivity index is 1.99. The molecular weight excluding hydrogens is 346 g/mol. The van der Waals surface area contributed by atoms with Crippen molar-refractivity contribution in [1.29, 1.82) is 0 Å². The lowest BCUT2D eigenvalue weighted by molar-refractivity contribution is 0.0697. The maximum Gasteiger partial charge on any atom is 0.335 e. The Morgan fingerprint density at radius 3 is 2.62 bits per heavy atom. The molecule has 0 bridgehead atoms. The van der Waals surface area contributed by atoms with Gasteiger partial charge in [0.1, 0.15) is 5.75 Å². The Bertz CT molecular complexity index is 930. The number of nitrogens with zero attached hydrogens (tertiary/aromatic N) is 1. The average molecular weight is 365 g/mol. The highest BCUT2D eigenvalue weighted by molar-refractivity contribution is 8.06. The first kappa shape index (κ1) is 17.9. The lowest BCUT2D eigenvalue weighted by atomic mass is 10.1. The molecule has 3 rings (SSSR count). The van der Waals surface area contributed by atoms with Crippen molar-refractivity contribution in [3.05, 3.63) is 88.4 Å². The third-order valence-electron chi connectivity index (χ3n) is 4.17. The number of hydrogen-bond donors (Lipinski definition) is 1. The fourth-order valence-electron chi connectivity index (χ4n) is 2.80. The molecule has 0 atom stereocenters. The zero-order chi connectivity index (χ0) is 18.7. The minimum absolute atomic E-state index is 0.242. The van der Waals surface area contributed by atoms with Gasteiger partial charge in [0.15, 0.2) is 0 Å². The lowest BCUT2D eigenvalue weighted by Crippen LogP contribution is -2.11. The third-order valence-corrected chi connectivity index (χ3v) is 5.16. The maximum absolute atomic E-state index is 11.2. The van der Waals surface area contributed by atoms with E-state index in [1.54, 1.807) is 37.1 Å². The Morgan fingerprint density at radius 2 is 1.88 bits per heavy atom. The van der Waals surface area contributed by atoms with Crippen molar-refractivity contribution < 1.29 is 14.6 Å². The molecule has 0 unspecified atom stereocenters. The summed E-state index contributed by atoms with van der Waals surface area (Å²) >= 11 is 1.60. The van der Waals surface area contributed by atoms with Crippen LogP contribution in [0.5, 0.6) is 5.75 Å². The van der Waals surface area contributed by atoms with Crippen LogP contribution in [0.4, 0.5) is 0 Å². The van der Waals surface area contributed by atoms with Crippen molar-refractivity contribution in [2.24, 2.45) is 0 Å². The van der Waals surface area contributed by atoms with E-state index in [1.165, 1.54) is 0 Å². The first-order valence-corrected chi connectivity index (χ1v) is 8.90. The minimum Gasteiger partial charge on any atom is -0.496 e. The Morgan fingerprint density at radius 1 is 1.15 bits per heavy atom. The summed E-state index contributed by atoms with van der Waals surface area (Å²) in [5.41, 5.74) is 3.80. The predicted octanol–water partition coefficient (Wildman–Crippen LogP) is 5.27. The van der Waals surface area contributed by atoms with Crippen molar-refractivity contribution in [2.75, 3.05) is 7.11 Å². The first-order valence-electron chi connectivity index (χ1n) is 8.02. The van der Waals surface area contributed by atoms with Gasteiger partial charge in [0.25, 0.3) is 0 Å². The Hall–Kier alpha value is -2.92. The van der Waals surface area contributed by atoms with E-state index in [0.717, 1.165) is 33.2 Å². The summed E-state index contributed by atoms with van der Waals surface area (Å²) in [7, 11) is 1.66. The highest BCUT2D eigenvalue weighted by atomic mass is 32.2. The van der Waals surface area contributed by atoms with Gasteiger partial charge in [-0.2, -0.15) is 0 Å². The molecule has 2 aromatic rings. The fourth-order valence-corrected chi connectivity index (χ4v) is 3.69. The van der Waals surface area contributed by atoms with E-state index in [1.807, 2.05) is 53.8 Å². The monoisotopic (exact) mass is 365 g/mol. The SMILES string of the molecule is C=C(c1cccc(C(=O)O)c1)N1C=CS/C1=C(/C)c1ccccc1OC. The molecule has 1 aliphatic rings. The number of thioether (sulfide) groups is 1. The molecule has 4 nitrogen and oxygen atoms in total. The zero-order valence-electron chi connectivity index (χ0n) is 14.6. The van der Waals surface area contributed by atoms with E-state index < -0.39 is 5.97 Å². The number of allylic oxidation sites excluding steroid dienone is 1. The maximum atomic E-state index is 11.2. The number of carbonyl (C=O) groups is 1. The molecule has 1 N–H and O–H groups in total. The number of rotatable bonds is 5. The van der Waals surface area contributed by atoms with Crippen LogP contribution in [-0.4, -0.2) is 23.1 Å². The molecule has 2 aromatic carbocycles. The zero-order valence-corrected chi connectivity index (χ0v) is 15.4. The molecule has 0 radical (unpaired) electrons. The van der Waals surface area contributed by atoms with Gasteiger partial charge >= 0.3 is 5.97 Å². The summed E-state index contributed by atoms with van der Waals surface area (Å²) in [6.07, 6.45) is 1.94. The summed E-state index contributed by atoms with van der Waals surface area (Å²) in [6.45, 7) is 6.22. The molecule has 0 aliphatic carbocycles. The van der Waals surface area contributed by atoms with Gasteiger partial charge < -0.3 is 14.7 Å². The second-order valence-electron chi connectivity index (χ2n) is 5.74. The van der Waals surface area contributed by atoms with Crippen LogP contribution >= 0.6 is 11.8 Å². The smallest absolute Gasteiger partial charge is 0.335 e. The summed E-state index contributed by atoms with van der Waals surface area (Å²) in [5.74, 6) is -0.143. The van der Waals surface area contributed by atoms with Crippen LogP contribution in [0.15, 0.2) is 71.7 Å². The number of aromatic carboxylic acids is 1. The minimum atomic E-state index is -0.952. The molecule has 1 aliphatic heterocycles. The van der Waals surface area contributed by atoms with Gasteiger partial charge in [-0.1, -0.05) is 48.7 Å². The molecule has 0 spiro atoms. The topological polar surface area (TPSA) is 49.8 Å². The van der Waals surface area contributed by atoms with Gasteiger partial charge in [-0.15, -0.1) is 0 Å². The Kier molecular flexibility index (Phi) is 5.19.